The molecule has 5 atom stereocenters. The molecule has 0 saturated heterocycles. The maximum absolute atomic E-state index is 12.9. The average molecular weight is 492 g/mol. The molecule has 190 valence electrons. The van der Waals surface area contributed by atoms with Gasteiger partial charge in [0.1, 0.15) is 24.2 Å². The van der Waals surface area contributed by atoms with Crippen LogP contribution in [-0.4, -0.2) is 82.1 Å². The Bertz CT molecular complexity index is 690. The summed E-state index contributed by atoms with van der Waals surface area (Å²) in [6, 6.07) is -4.75. The first-order valence-electron chi connectivity index (χ1n) is 10.6. The smallest absolute Gasteiger partial charge is 0.326 e. The van der Waals surface area contributed by atoms with Crippen molar-refractivity contribution in [1.29, 1.82) is 0 Å². The predicted octanol–water partition coefficient (Wildman–Crippen LogP) is -1.70. The number of aliphatic hydroxyl groups excluding tert-OH is 1. The highest BCUT2D eigenvalue weighted by Gasteiger charge is 2.31. The molecule has 12 nitrogen and oxygen atoms in total. The van der Waals surface area contributed by atoms with Crippen molar-refractivity contribution in [3.8, 4) is 0 Å². The number of hydrogen-bond acceptors (Lipinski definition) is 8. The summed E-state index contributed by atoms with van der Waals surface area (Å²) in [4.78, 5) is 60.6. The number of carboxylic acid groups (broad SMARTS) is 1. The minimum absolute atomic E-state index is 0.0298. The van der Waals surface area contributed by atoms with Gasteiger partial charge in [-0.05, 0) is 44.1 Å². The number of carboxylic acids is 1. The molecule has 0 spiro atoms. The van der Waals surface area contributed by atoms with E-state index in [2.05, 4.69) is 16.0 Å². The molecule has 33 heavy (non-hydrogen) atoms. The van der Waals surface area contributed by atoms with Crippen LogP contribution in [0.5, 0.6) is 0 Å². The summed E-state index contributed by atoms with van der Waals surface area (Å²) in [5.41, 5.74) is 10.7. The SMILES string of the molecule is CSCCC(NC(=O)C(CC(C)C)NC(=O)C(CCC(N)=O)NC(=O)C(N)C(C)O)C(=O)O. The number of aliphatic hydroxyl groups is 1. The van der Waals surface area contributed by atoms with E-state index in [1.54, 1.807) is 0 Å². The van der Waals surface area contributed by atoms with Crippen LogP contribution >= 0.6 is 11.8 Å². The Hall–Kier alpha value is -2.38. The topological polar surface area (TPSA) is 214 Å². The summed E-state index contributed by atoms with van der Waals surface area (Å²) in [6.07, 6.45) is 0.667. The maximum Gasteiger partial charge on any atom is 0.326 e. The lowest BCUT2D eigenvalue weighted by Gasteiger charge is -2.26. The number of nitrogens with two attached hydrogens (primary N) is 2. The predicted molar refractivity (Wildman–Crippen MR) is 124 cm³/mol. The molecule has 0 heterocycles. The molecule has 0 aliphatic heterocycles. The lowest BCUT2D eigenvalue weighted by atomic mass is 10.0. The normalized spacial score (nSPS) is 15.6. The minimum atomic E-state index is -1.31. The van der Waals surface area contributed by atoms with Crippen LogP contribution in [-0.2, 0) is 24.0 Å². The van der Waals surface area contributed by atoms with Crippen LogP contribution in [0.1, 0.15) is 46.5 Å². The molecule has 0 aliphatic rings. The number of primary amides is 1. The Morgan fingerprint density at radius 1 is 0.879 bits per heavy atom. The second-order valence-corrected chi connectivity index (χ2v) is 9.19. The van der Waals surface area contributed by atoms with Gasteiger partial charge >= 0.3 is 5.97 Å². The van der Waals surface area contributed by atoms with Crippen molar-refractivity contribution in [2.75, 3.05) is 12.0 Å². The fourth-order valence-electron chi connectivity index (χ4n) is 2.78. The van der Waals surface area contributed by atoms with Crippen molar-refractivity contribution in [3.63, 3.8) is 0 Å². The van der Waals surface area contributed by atoms with Gasteiger partial charge in [-0.3, -0.25) is 19.2 Å². The van der Waals surface area contributed by atoms with Gasteiger partial charge in [0, 0.05) is 6.42 Å². The number of carbonyl (C=O) groups excluding carboxylic acids is 4. The highest BCUT2D eigenvalue weighted by atomic mass is 32.2. The van der Waals surface area contributed by atoms with Crippen molar-refractivity contribution in [2.24, 2.45) is 17.4 Å². The van der Waals surface area contributed by atoms with E-state index in [1.165, 1.54) is 18.7 Å². The summed E-state index contributed by atoms with van der Waals surface area (Å²) < 4.78 is 0. The molecule has 0 bridgehead atoms. The third kappa shape index (κ3) is 12.4. The third-order valence-corrected chi connectivity index (χ3v) is 5.34. The Labute approximate surface area is 198 Å². The number of amides is 4. The van der Waals surface area contributed by atoms with E-state index in [4.69, 9.17) is 11.5 Å². The summed E-state index contributed by atoms with van der Waals surface area (Å²) in [7, 11) is 0. The van der Waals surface area contributed by atoms with Crippen LogP contribution in [0.15, 0.2) is 0 Å². The van der Waals surface area contributed by atoms with Gasteiger partial charge in [0.2, 0.25) is 23.6 Å². The van der Waals surface area contributed by atoms with Gasteiger partial charge < -0.3 is 37.6 Å². The Morgan fingerprint density at radius 2 is 1.39 bits per heavy atom. The molecule has 0 saturated carbocycles. The van der Waals surface area contributed by atoms with Crippen molar-refractivity contribution < 1.29 is 34.2 Å². The molecule has 0 fully saturated rings. The molecule has 13 heteroatoms. The van der Waals surface area contributed by atoms with E-state index in [9.17, 15) is 34.2 Å². The second-order valence-electron chi connectivity index (χ2n) is 8.20. The van der Waals surface area contributed by atoms with Crippen LogP contribution in [0.3, 0.4) is 0 Å². The van der Waals surface area contributed by atoms with E-state index in [1.807, 2.05) is 20.1 Å². The second kappa shape index (κ2) is 15.5. The first-order valence-corrected chi connectivity index (χ1v) is 12.0. The lowest BCUT2D eigenvalue weighted by molar-refractivity contribution is -0.142. The van der Waals surface area contributed by atoms with E-state index < -0.39 is 59.9 Å². The molecule has 0 aliphatic carbocycles. The van der Waals surface area contributed by atoms with Crippen LogP contribution in [0, 0.1) is 5.92 Å². The van der Waals surface area contributed by atoms with E-state index in [0.717, 1.165) is 0 Å². The number of nitrogens with one attached hydrogen (secondary N) is 3. The zero-order valence-corrected chi connectivity index (χ0v) is 20.3. The molecule has 5 unspecified atom stereocenters. The molecule has 0 radical (unpaired) electrons. The first kappa shape index (κ1) is 30.6. The van der Waals surface area contributed by atoms with E-state index in [-0.39, 0.29) is 31.6 Å². The van der Waals surface area contributed by atoms with Gasteiger partial charge in [0.15, 0.2) is 0 Å². The third-order valence-electron chi connectivity index (χ3n) is 4.70. The number of thioether (sulfide) groups is 1. The van der Waals surface area contributed by atoms with Crippen LogP contribution in [0.25, 0.3) is 0 Å². The molecule has 0 aromatic heterocycles. The van der Waals surface area contributed by atoms with Crippen molar-refractivity contribution >= 4 is 41.4 Å². The summed E-state index contributed by atoms with van der Waals surface area (Å²) in [5.74, 6) is -3.66. The van der Waals surface area contributed by atoms with Gasteiger partial charge in [-0.15, -0.1) is 0 Å². The standard InChI is InChI=1S/C20H37N5O7S/c1-10(2)9-14(18(29)24-13(20(31)32)7-8-33-4)25-17(28)12(5-6-15(21)27)23-19(30)16(22)11(3)26/h10-14,16,26H,5-9,22H2,1-4H3,(H2,21,27)(H,23,30)(H,24,29)(H,25,28)(H,31,32). The van der Waals surface area contributed by atoms with Gasteiger partial charge in [0.05, 0.1) is 6.10 Å². The zero-order valence-electron chi connectivity index (χ0n) is 19.5. The first-order chi connectivity index (χ1) is 15.3. The van der Waals surface area contributed by atoms with Gasteiger partial charge in [-0.1, -0.05) is 13.8 Å². The summed E-state index contributed by atoms with van der Waals surface area (Å²) in [6.45, 7) is 4.95. The highest BCUT2D eigenvalue weighted by Crippen LogP contribution is 2.09. The molecule has 0 aromatic carbocycles. The highest BCUT2D eigenvalue weighted by molar-refractivity contribution is 7.98. The van der Waals surface area contributed by atoms with Crippen LogP contribution in [0.2, 0.25) is 0 Å². The monoisotopic (exact) mass is 491 g/mol. The Morgan fingerprint density at radius 3 is 1.85 bits per heavy atom. The quantitative estimate of drug-likeness (QED) is 0.131. The molecular formula is C20H37N5O7S. The number of rotatable bonds is 16. The van der Waals surface area contributed by atoms with E-state index in [0.29, 0.717) is 5.75 Å². The van der Waals surface area contributed by atoms with Crippen molar-refractivity contribution in [1.82, 2.24) is 16.0 Å². The minimum Gasteiger partial charge on any atom is -0.480 e. The lowest BCUT2D eigenvalue weighted by Crippen LogP contribution is -2.58. The Kier molecular flexibility index (Phi) is 14.3. The van der Waals surface area contributed by atoms with Gasteiger partial charge in [-0.25, -0.2) is 4.79 Å². The Balaban J connectivity index is 5.53. The van der Waals surface area contributed by atoms with Crippen LogP contribution < -0.4 is 27.4 Å². The number of aliphatic carboxylic acids is 1. The fourth-order valence-corrected chi connectivity index (χ4v) is 3.25. The molecule has 0 rings (SSSR count). The molecule has 0 aromatic rings. The van der Waals surface area contributed by atoms with E-state index >= 15 is 0 Å². The average Bonchev–Trinajstić information content (AvgIpc) is 2.71. The largest absolute Gasteiger partial charge is 0.480 e. The molecule has 9 N–H and O–H groups in total. The molecular weight excluding hydrogens is 454 g/mol. The maximum atomic E-state index is 12.9. The van der Waals surface area contributed by atoms with Gasteiger partial charge in [0.25, 0.3) is 0 Å². The fraction of sp³-hybridized carbons (Fsp3) is 0.750. The van der Waals surface area contributed by atoms with Crippen LogP contribution in [0.4, 0.5) is 0 Å². The molecule has 4 amide bonds. The zero-order chi connectivity index (χ0) is 25.7. The number of carbonyl (C=O) groups is 5. The van der Waals surface area contributed by atoms with Crippen molar-refractivity contribution in [3.05, 3.63) is 0 Å². The summed E-state index contributed by atoms with van der Waals surface area (Å²) in [5, 5.41) is 26.2. The number of hydrogen-bond donors (Lipinski definition) is 7. The van der Waals surface area contributed by atoms with Crippen molar-refractivity contribution in [2.45, 2.75) is 76.7 Å². The summed E-state index contributed by atoms with van der Waals surface area (Å²) >= 11 is 1.44. The van der Waals surface area contributed by atoms with Gasteiger partial charge in [-0.2, -0.15) is 11.8 Å².